The molecule has 6 rings (SSSR count). The Hall–Kier alpha value is -2.14. The molecule has 0 bridgehead atoms. The number of anilines is 1. The lowest BCUT2D eigenvalue weighted by Gasteiger charge is -2.53. The van der Waals surface area contributed by atoms with Crippen LogP contribution in [-0.4, -0.2) is 74.2 Å². The fraction of sp³-hybridized carbons (Fsp3) is 0.533. The average molecular weight is 457 g/mol. The van der Waals surface area contributed by atoms with E-state index in [0.29, 0.717) is 11.6 Å². The third-order valence-corrected chi connectivity index (χ3v) is 9.02. The standard InChI is InChI=1S/C30H40N4/c1-32-16-18-34(19-17-32)30(12-5-13-30)23-31-28-10-14-33(15-11-28)29-9-4-8-26(22-29)27-20-24-6-2-3-7-25(24)21-27/h2-4,6-9,20,22,28,31H,5,10-19,21,23H2,1H3. The van der Waals surface area contributed by atoms with Crippen LogP contribution in [0.15, 0.2) is 48.5 Å². The van der Waals surface area contributed by atoms with Crippen molar-refractivity contribution in [2.75, 3.05) is 57.8 Å². The van der Waals surface area contributed by atoms with Crippen molar-refractivity contribution in [2.45, 2.75) is 50.1 Å². The Bertz CT molecular complexity index is 1020. The summed E-state index contributed by atoms with van der Waals surface area (Å²) in [6.07, 6.45) is 10.1. The molecule has 2 aromatic rings. The van der Waals surface area contributed by atoms with E-state index in [1.165, 1.54) is 92.8 Å². The molecule has 1 N–H and O–H groups in total. The van der Waals surface area contributed by atoms with Crippen molar-refractivity contribution in [3.63, 3.8) is 0 Å². The molecule has 4 heteroatoms. The first-order valence-corrected chi connectivity index (χ1v) is 13.5. The van der Waals surface area contributed by atoms with Crippen LogP contribution in [0.5, 0.6) is 0 Å². The summed E-state index contributed by atoms with van der Waals surface area (Å²) in [5.74, 6) is 0. The molecule has 0 amide bonds. The van der Waals surface area contributed by atoms with Gasteiger partial charge in [0.2, 0.25) is 0 Å². The van der Waals surface area contributed by atoms with Crippen molar-refractivity contribution >= 4 is 17.3 Å². The zero-order valence-corrected chi connectivity index (χ0v) is 20.8. The monoisotopic (exact) mass is 456 g/mol. The first-order valence-electron chi connectivity index (χ1n) is 13.5. The van der Waals surface area contributed by atoms with E-state index in [4.69, 9.17) is 0 Å². The molecular formula is C30H40N4. The Labute approximate surface area is 205 Å². The number of fused-ring (bicyclic) bond motifs is 1. The number of benzene rings is 2. The van der Waals surface area contributed by atoms with Crippen molar-refractivity contribution in [1.29, 1.82) is 0 Å². The molecule has 4 aliphatic rings. The summed E-state index contributed by atoms with van der Waals surface area (Å²) in [6.45, 7) is 8.43. The fourth-order valence-electron chi connectivity index (χ4n) is 6.51. The summed E-state index contributed by atoms with van der Waals surface area (Å²) < 4.78 is 0. The van der Waals surface area contributed by atoms with Gasteiger partial charge in [0, 0.05) is 63.1 Å². The van der Waals surface area contributed by atoms with E-state index < -0.39 is 0 Å². The predicted octanol–water partition coefficient (Wildman–Crippen LogP) is 4.51. The minimum atomic E-state index is 0.444. The minimum absolute atomic E-state index is 0.444. The molecule has 0 radical (unpaired) electrons. The van der Waals surface area contributed by atoms with Gasteiger partial charge in [0.25, 0.3) is 0 Å². The van der Waals surface area contributed by atoms with Crippen LogP contribution in [0, 0.1) is 0 Å². The SMILES string of the molecule is CN1CCN(C2(CNC3CCN(c4cccc(C5=Cc6ccccc6C5)c4)CC3)CCC2)CC1. The Balaban J connectivity index is 1.03. The van der Waals surface area contributed by atoms with Crippen LogP contribution in [0.25, 0.3) is 11.6 Å². The molecule has 3 fully saturated rings. The zero-order chi connectivity index (χ0) is 23.0. The van der Waals surface area contributed by atoms with Crippen molar-refractivity contribution < 1.29 is 0 Å². The maximum absolute atomic E-state index is 4.02. The fourth-order valence-corrected chi connectivity index (χ4v) is 6.51. The Morgan fingerprint density at radius 3 is 2.44 bits per heavy atom. The number of rotatable bonds is 6. The summed E-state index contributed by atoms with van der Waals surface area (Å²) in [4.78, 5) is 7.88. The smallest absolute Gasteiger partial charge is 0.0372 e. The largest absolute Gasteiger partial charge is 0.371 e. The Morgan fingerprint density at radius 1 is 0.912 bits per heavy atom. The highest BCUT2D eigenvalue weighted by Gasteiger charge is 2.43. The number of hydrogen-bond acceptors (Lipinski definition) is 4. The van der Waals surface area contributed by atoms with E-state index in [1.54, 1.807) is 0 Å². The van der Waals surface area contributed by atoms with Gasteiger partial charge in [0.15, 0.2) is 0 Å². The van der Waals surface area contributed by atoms with E-state index in [9.17, 15) is 0 Å². The average Bonchev–Trinajstić information content (AvgIpc) is 3.29. The molecule has 2 aromatic carbocycles. The molecule has 4 nitrogen and oxygen atoms in total. The summed E-state index contributed by atoms with van der Waals surface area (Å²) in [7, 11) is 2.26. The highest BCUT2D eigenvalue weighted by molar-refractivity contribution is 5.89. The van der Waals surface area contributed by atoms with E-state index in [1.807, 2.05) is 0 Å². The van der Waals surface area contributed by atoms with Gasteiger partial charge < -0.3 is 15.1 Å². The third-order valence-electron chi connectivity index (χ3n) is 9.02. The van der Waals surface area contributed by atoms with Crippen molar-refractivity contribution in [1.82, 2.24) is 15.1 Å². The van der Waals surface area contributed by atoms with Gasteiger partial charge in [-0.3, -0.25) is 4.90 Å². The maximum atomic E-state index is 4.02. The number of likely N-dealkylation sites (N-methyl/N-ethyl adjacent to an activating group) is 1. The summed E-state index contributed by atoms with van der Waals surface area (Å²) >= 11 is 0. The highest BCUT2D eigenvalue weighted by atomic mass is 15.3. The minimum Gasteiger partial charge on any atom is -0.371 e. The predicted molar refractivity (Wildman–Crippen MR) is 143 cm³/mol. The van der Waals surface area contributed by atoms with Gasteiger partial charge in [-0.2, -0.15) is 0 Å². The topological polar surface area (TPSA) is 21.8 Å². The third kappa shape index (κ3) is 4.44. The van der Waals surface area contributed by atoms with Gasteiger partial charge in [0.1, 0.15) is 0 Å². The summed E-state index contributed by atoms with van der Waals surface area (Å²) in [6, 6.07) is 18.7. The van der Waals surface area contributed by atoms with Crippen LogP contribution in [0.1, 0.15) is 48.8 Å². The molecule has 1 saturated carbocycles. The van der Waals surface area contributed by atoms with E-state index >= 15 is 0 Å². The molecular weight excluding hydrogens is 416 g/mol. The molecule has 180 valence electrons. The lowest BCUT2D eigenvalue weighted by molar-refractivity contribution is -0.0151. The zero-order valence-electron chi connectivity index (χ0n) is 20.8. The van der Waals surface area contributed by atoms with E-state index in [-0.39, 0.29) is 0 Å². The number of nitrogens with zero attached hydrogens (tertiary/aromatic N) is 3. The summed E-state index contributed by atoms with van der Waals surface area (Å²) in [5.41, 5.74) is 7.51. The molecule has 34 heavy (non-hydrogen) atoms. The molecule has 2 aliphatic carbocycles. The molecule has 2 saturated heterocycles. The van der Waals surface area contributed by atoms with Crippen LogP contribution in [-0.2, 0) is 6.42 Å². The number of piperidine rings is 1. The molecule has 0 spiro atoms. The number of allylic oxidation sites excluding steroid dienone is 1. The van der Waals surface area contributed by atoms with Gasteiger partial charge >= 0.3 is 0 Å². The van der Waals surface area contributed by atoms with Gasteiger partial charge in [-0.1, -0.05) is 42.5 Å². The summed E-state index contributed by atoms with van der Waals surface area (Å²) in [5, 5.41) is 4.02. The highest BCUT2D eigenvalue weighted by Crippen LogP contribution is 2.38. The van der Waals surface area contributed by atoms with Crippen molar-refractivity contribution in [2.24, 2.45) is 0 Å². The van der Waals surface area contributed by atoms with Crippen molar-refractivity contribution in [3.8, 4) is 0 Å². The van der Waals surface area contributed by atoms with Gasteiger partial charge in [-0.25, -0.2) is 0 Å². The second-order valence-corrected chi connectivity index (χ2v) is 11.1. The quantitative estimate of drug-likeness (QED) is 0.690. The lowest BCUT2D eigenvalue weighted by atomic mass is 9.74. The number of nitrogens with one attached hydrogen (secondary N) is 1. The van der Waals surface area contributed by atoms with Crippen LogP contribution >= 0.6 is 0 Å². The molecule has 2 aliphatic heterocycles. The van der Waals surface area contributed by atoms with Crippen LogP contribution in [0.4, 0.5) is 5.69 Å². The second-order valence-electron chi connectivity index (χ2n) is 11.1. The van der Waals surface area contributed by atoms with Crippen molar-refractivity contribution in [3.05, 3.63) is 65.2 Å². The number of hydrogen-bond donors (Lipinski definition) is 1. The lowest BCUT2D eigenvalue weighted by Crippen LogP contribution is -2.64. The van der Waals surface area contributed by atoms with Gasteiger partial charge in [-0.15, -0.1) is 0 Å². The van der Waals surface area contributed by atoms with E-state index in [0.717, 1.165) is 19.5 Å². The molecule has 0 atom stereocenters. The van der Waals surface area contributed by atoms with Crippen LogP contribution < -0.4 is 10.2 Å². The van der Waals surface area contributed by atoms with Gasteiger partial charge in [-0.05, 0) is 80.0 Å². The second kappa shape index (κ2) is 9.49. The van der Waals surface area contributed by atoms with Crippen LogP contribution in [0.2, 0.25) is 0 Å². The Kier molecular flexibility index (Phi) is 6.23. The van der Waals surface area contributed by atoms with E-state index in [2.05, 4.69) is 81.7 Å². The first kappa shape index (κ1) is 22.3. The van der Waals surface area contributed by atoms with Crippen LogP contribution in [0.3, 0.4) is 0 Å². The molecule has 0 unspecified atom stereocenters. The number of piperazine rings is 1. The Morgan fingerprint density at radius 2 is 1.71 bits per heavy atom. The van der Waals surface area contributed by atoms with Gasteiger partial charge in [0.05, 0.1) is 0 Å². The molecule has 2 heterocycles. The first-order chi connectivity index (χ1) is 16.7. The normalized spacial score (nSPS) is 23.4. The maximum Gasteiger partial charge on any atom is 0.0372 e. The molecule has 0 aromatic heterocycles.